The second kappa shape index (κ2) is 9.58. The predicted octanol–water partition coefficient (Wildman–Crippen LogP) is 6.21. The summed E-state index contributed by atoms with van der Waals surface area (Å²) < 4.78 is 0. The molecular weight excluding hydrogens is 396 g/mol. The van der Waals surface area contributed by atoms with Gasteiger partial charge in [-0.3, -0.25) is 0 Å². The second-order valence-corrected chi connectivity index (χ2v) is 9.32. The summed E-state index contributed by atoms with van der Waals surface area (Å²) in [4.78, 5) is 2.25. The smallest absolute Gasteiger partial charge is 0.113 e. The Kier molecular flexibility index (Phi) is 6.60. The van der Waals surface area contributed by atoms with E-state index in [1.165, 1.54) is 5.56 Å². The number of nitrogens with zero attached hydrogens (tertiary/aromatic N) is 1. The molecule has 1 nitrogen and oxygen atoms in total. The number of rotatable bonds is 5. The summed E-state index contributed by atoms with van der Waals surface area (Å²) in [6, 6.07) is 33.2. The van der Waals surface area contributed by atoms with Gasteiger partial charge in [0.15, 0.2) is 0 Å². The number of benzene rings is 4. The maximum absolute atomic E-state index is 5.95. The Morgan fingerprint density at radius 3 is 1.27 bits per heavy atom. The number of hydrogen-bond acceptors (Lipinski definition) is 1. The molecule has 158 valence electrons. The zero-order valence-corrected chi connectivity index (χ0v) is 19.5. The van der Waals surface area contributed by atoms with Crippen LogP contribution in [0.2, 0.25) is 0 Å². The summed E-state index contributed by atoms with van der Waals surface area (Å²) in [6.07, 6.45) is 4.21. The predicted molar refractivity (Wildman–Crippen MR) is 146 cm³/mol. The molecule has 0 fully saturated rings. The Morgan fingerprint density at radius 2 is 0.848 bits per heavy atom. The van der Waals surface area contributed by atoms with Crippen LogP contribution in [-0.4, -0.2) is 15.7 Å². The third-order valence-corrected chi connectivity index (χ3v) is 5.70. The van der Waals surface area contributed by atoms with Gasteiger partial charge in [0.05, 0.1) is 0 Å². The van der Waals surface area contributed by atoms with E-state index < -0.39 is 0 Å². The summed E-state index contributed by atoms with van der Waals surface area (Å²) >= 11 is 0. The van der Waals surface area contributed by atoms with Crippen molar-refractivity contribution >= 4 is 55.8 Å². The van der Waals surface area contributed by atoms with E-state index in [1.54, 1.807) is 0 Å². The zero-order chi connectivity index (χ0) is 23.4. The highest BCUT2D eigenvalue weighted by Crippen LogP contribution is 2.35. The molecule has 0 bridgehead atoms. The molecule has 4 rings (SSSR count). The van der Waals surface area contributed by atoms with E-state index in [0.717, 1.165) is 39.1 Å². The molecule has 3 heteroatoms. The van der Waals surface area contributed by atoms with Gasteiger partial charge in [0.25, 0.3) is 0 Å². The van der Waals surface area contributed by atoms with E-state index >= 15 is 0 Å². The fourth-order valence-electron chi connectivity index (χ4n) is 3.72. The molecule has 4 aromatic carbocycles. The minimum absolute atomic E-state index is 0.114. The lowest BCUT2D eigenvalue weighted by Crippen LogP contribution is -2.13. The van der Waals surface area contributed by atoms with Crippen LogP contribution in [0.5, 0.6) is 0 Å². The van der Waals surface area contributed by atoms with Crippen LogP contribution in [0.15, 0.2) is 97.1 Å². The van der Waals surface area contributed by atoms with Gasteiger partial charge in [-0.1, -0.05) is 105 Å². The SMILES string of the molecule is [B]c1ccc(/C=C/c2ccc(N(c3ccc([B])cc3)c3ccc(C(C)(C)C)cc3)cc2)cc1. The molecule has 0 aliphatic carbocycles. The Balaban J connectivity index is 1.65. The van der Waals surface area contributed by atoms with Crippen molar-refractivity contribution in [1.82, 2.24) is 0 Å². The van der Waals surface area contributed by atoms with Crippen LogP contribution in [0.3, 0.4) is 0 Å². The van der Waals surface area contributed by atoms with Gasteiger partial charge >= 0.3 is 0 Å². The molecule has 0 unspecified atom stereocenters. The number of anilines is 3. The monoisotopic (exact) mass is 423 g/mol. The maximum Gasteiger partial charge on any atom is 0.113 e. The quantitative estimate of drug-likeness (QED) is 0.273. The first-order valence-electron chi connectivity index (χ1n) is 11.2. The lowest BCUT2D eigenvalue weighted by atomic mass is 9.87. The van der Waals surface area contributed by atoms with Crippen LogP contribution >= 0.6 is 0 Å². The van der Waals surface area contributed by atoms with Crippen molar-refractivity contribution in [3.63, 3.8) is 0 Å². The molecule has 33 heavy (non-hydrogen) atoms. The van der Waals surface area contributed by atoms with E-state index in [2.05, 4.69) is 98.5 Å². The van der Waals surface area contributed by atoms with Gasteiger partial charge in [0.2, 0.25) is 0 Å². The lowest BCUT2D eigenvalue weighted by molar-refractivity contribution is 0.590. The molecule has 4 radical (unpaired) electrons. The molecule has 0 N–H and O–H groups in total. The Labute approximate surface area is 200 Å². The van der Waals surface area contributed by atoms with Crippen molar-refractivity contribution in [2.45, 2.75) is 26.2 Å². The molecule has 0 amide bonds. The molecule has 0 aliphatic rings. The molecule has 0 saturated carbocycles. The molecule has 0 saturated heterocycles. The summed E-state index contributed by atoms with van der Waals surface area (Å²) in [5.41, 5.74) is 8.48. The Bertz CT molecular complexity index is 1220. The van der Waals surface area contributed by atoms with Crippen LogP contribution in [0.25, 0.3) is 12.2 Å². The van der Waals surface area contributed by atoms with Crippen LogP contribution in [0.4, 0.5) is 17.1 Å². The van der Waals surface area contributed by atoms with Crippen molar-refractivity contribution < 1.29 is 0 Å². The highest BCUT2D eigenvalue weighted by Gasteiger charge is 2.16. The standard InChI is InChI=1S/C30H27B2N/c1-30(2,3)24-10-18-28(19-11-24)33(29-20-14-26(32)15-21-29)27-16-8-23(9-17-27)5-4-22-6-12-25(31)13-7-22/h4-21H,1-3H3/b5-4+. The van der Waals surface area contributed by atoms with Gasteiger partial charge in [0.1, 0.15) is 15.7 Å². The minimum atomic E-state index is 0.114. The van der Waals surface area contributed by atoms with Crippen LogP contribution in [-0.2, 0) is 5.41 Å². The first kappa shape index (κ1) is 22.7. The summed E-state index contributed by atoms with van der Waals surface area (Å²) in [5.74, 6) is 0. The molecule has 0 aliphatic heterocycles. The lowest BCUT2D eigenvalue weighted by Gasteiger charge is -2.27. The minimum Gasteiger partial charge on any atom is -0.311 e. The van der Waals surface area contributed by atoms with Crippen LogP contribution < -0.4 is 15.8 Å². The molecule has 0 aromatic heterocycles. The van der Waals surface area contributed by atoms with Gasteiger partial charge < -0.3 is 4.90 Å². The van der Waals surface area contributed by atoms with E-state index in [0.29, 0.717) is 0 Å². The highest BCUT2D eigenvalue weighted by molar-refractivity contribution is 6.32. The first-order valence-corrected chi connectivity index (χ1v) is 11.2. The van der Waals surface area contributed by atoms with Gasteiger partial charge in [-0.25, -0.2) is 0 Å². The molecule has 0 spiro atoms. The van der Waals surface area contributed by atoms with Crippen molar-refractivity contribution in [1.29, 1.82) is 0 Å². The van der Waals surface area contributed by atoms with Crippen molar-refractivity contribution in [2.75, 3.05) is 4.90 Å². The third-order valence-electron chi connectivity index (χ3n) is 5.70. The fraction of sp³-hybridized carbons (Fsp3) is 0.133. The second-order valence-electron chi connectivity index (χ2n) is 9.32. The van der Waals surface area contributed by atoms with Gasteiger partial charge in [-0.2, -0.15) is 0 Å². The largest absolute Gasteiger partial charge is 0.311 e. The normalized spacial score (nSPS) is 11.6. The van der Waals surface area contributed by atoms with E-state index in [9.17, 15) is 0 Å². The molecular formula is C30H27B2N. The average molecular weight is 423 g/mol. The highest BCUT2D eigenvalue weighted by atomic mass is 15.1. The Morgan fingerprint density at radius 1 is 0.515 bits per heavy atom. The van der Waals surface area contributed by atoms with E-state index in [1.807, 2.05) is 36.4 Å². The van der Waals surface area contributed by atoms with Crippen LogP contribution in [0, 0.1) is 0 Å². The first-order chi connectivity index (χ1) is 15.8. The van der Waals surface area contributed by atoms with E-state index in [4.69, 9.17) is 15.7 Å². The summed E-state index contributed by atoms with van der Waals surface area (Å²) in [7, 11) is 11.7. The summed E-state index contributed by atoms with van der Waals surface area (Å²) in [5, 5.41) is 0. The van der Waals surface area contributed by atoms with Crippen molar-refractivity contribution in [2.24, 2.45) is 0 Å². The van der Waals surface area contributed by atoms with Gasteiger partial charge in [0, 0.05) is 17.1 Å². The maximum atomic E-state index is 5.95. The summed E-state index contributed by atoms with van der Waals surface area (Å²) in [6.45, 7) is 6.70. The fourth-order valence-corrected chi connectivity index (χ4v) is 3.72. The van der Waals surface area contributed by atoms with Crippen molar-refractivity contribution in [3.05, 3.63) is 114 Å². The Hall–Kier alpha value is -3.45. The topological polar surface area (TPSA) is 3.24 Å². The van der Waals surface area contributed by atoms with Gasteiger partial charge in [-0.15, -0.1) is 0 Å². The van der Waals surface area contributed by atoms with Gasteiger partial charge in [-0.05, 0) is 58.5 Å². The zero-order valence-electron chi connectivity index (χ0n) is 19.5. The molecule has 0 atom stereocenters. The van der Waals surface area contributed by atoms with Crippen molar-refractivity contribution in [3.8, 4) is 0 Å². The van der Waals surface area contributed by atoms with E-state index in [-0.39, 0.29) is 5.41 Å². The molecule has 4 aromatic rings. The third kappa shape index (κ3) is 5.68. The number of hydrogen-bond donors (Lipinski definition) is 0. The van der Waals surface area contributed by atoms with Crippen LogP contribution in [0.1, 0.15) is 37.5 Å². The molecule has 0 heterocycles. The average Bonchev–Trinajstić information content (AvgIpc) is 2.81.